The molecule has 1 aliphatic rings. The van der Waals surface area contributed by atoms with Gasteiger partial charge in [-0.2, -0.15) is 0 Å². The summed E-state index contributed by atoms with van der Waals surface area (Å²) < 4.78 is 10.0. The van der Waals surface area contributed by atoms with Crippen molar-refractivity contribution in [1.82, 2.24) is 5.16 Å². The lowest BCUT2D eigenvalue weighted by molar-refractivity contribution is -0.119. The van der Waals surface area contributed by atoms with Crippen molar-refractivity contribution in [1.29, 1.82) is 0 Å². The normalized spacial score (nSPS) is 12.4. The number of hydrogen-bond acceptors (Lipinski definition) is 5. The summed E-state index contributed by atoms with van der Waals surface area (Å²) in [5, 5.41) is 8.19. The molecule has 0 saturated heterocycles. The molecule has 3 aromatic rings. The first-order valence-electron chi connectivity index (χ1n) is 8.05. The Hall–Kier alpha value is -3.15. The van der Waals surface area contributed by atoms with Crippen LogP contribution in [0.1, 0.15) is 27.2 Å². The molecular weight excluding hydrogens is 320 g/mol. The molecule has 0 bridgehead atoms. The van der Waals surface area contributed by atoms with Crippen LogP contribution in [0.4, 0.5) is 5.82 Å². The van der Waals surface area contributed by atoms with Gasteiger partial charge in [-0.1, -0.05) is 29.4 Å². The van der Waals surface area contributed by atoms with Crippen LogP contribution in [0, 0.1) is 6.92 Å². The van der Waals surface area contributed by atoms with Gasteiger partial charge in [0.05, 0.1) is 5.56 Å². The molecule has 0 unspecified atom stereocenters. The summed E-state index contributed by atoms with van der Waals surface area (Å²) in [7, 11) is 0. The van der Waals surface area contributed by atoms with Crippen molar-refractivity contribution in [3.63, 3.8) is 0 Å². The van der Waals surface area contributed by atoms with E-state index in [9.17, 15) is 9.59 Å². The standard InChI is InChI=1S/C19H16N2O4/c1-11-9-16(21-25-11)20-17(22)10-24-19(23)15-8-7-13-6-5-12-3-2-4-14(15)18(12)13/h2-4,7-9H,5-6,10H2,1H3,(H,20,21,22). The van der Waals surface area contributed by atoms with E-state index in [1.807, 2.05) is 18.2 Å². The molecule has 126 valence electrons. The zero-order valence-corrected chi connectivity index (χ0v) is 13.7. The Bertz CT molecular complexity index is 980. The molecule has 1 aromatic heterocycles. The minimum absolute atomic E-state index is 0.295. The SMILES string of the molecule is Cc1cc(NC(=O)COC(=O)c2ccc3c4c(cccc24)CC3)no1. The Morgan fingerprint density at radius 2 is 2.00 bits per heavy atom. The molecular formula is C19H16N2O4. The van der Waals surface area contributed by atoms with E-state index >= 15 is 0 Å². The highest BCUT2D eigenvalue weighted by molar-refractivity contribution is 6.07. The van der Waals surface area contributed by atoms with Crippen LogP contribution in [0.2, 0.25) is 0 Å². The number of aryl methyl sites for hydroxylation is 3. The summed E-state index contributed by atoms with van der Waals surface area (Å²) in [5.74, 6) is -0.0984. The van der Waals surface area contributed by atoms with Crippen molar-refractivity contribution >= 4 is 28.5 Å². The maximum atomic E-state index is 12.4. The maximum absolute atomic E-state index is 12.4. The van der Waals surface area contributed by atoms with E-state index in [2.05, 4.69) is 16.5 Å². The average Bonchev–Trinajstić information content (AvgIpc) is 3.21. The van der Waals surface area contributed by atoms with E-state index in [0.717, 1.165) is 23.6 Å². The predicted octanol–water partition coefficient (Wildman–Crippen LogP) is 3.03. The summed E-state index contributed by atoms with van der Waals surface area (Å²) in [6, 6.07) is 11.3. The fraction of sp³-hybridized carbons (Fsp3) is 0.211. The number of carbonyl (C=O) groups is 2. The van der Waals surface area contributed by atoms with Gasteiger partial charge in [0.15, 0.2) is 12.4 Å². The molecule has 25 heavy (non-hydrogen) atoms. The van der Waals surface area contributed by atoms with Gasteiger partial charge in [-0.25, -0.2) is 4.79 Å². The van der Waals surface area contributed by atoms with Crippen LogP contribution < -0.4 is 5.32 Å². The minimum Gasteiger partial charge on any atom is -0.452 e. The van der Waals surface area contributed by atoms with Gasteiger partial charge in [-0.05, 0) is 47.7 Å². The van der Waals surface area contributed by atoms with E-state index in [1.165, 1.54) is 11.1 Å². The molecule has 1 aliphatic carbocycles. The molecule has 0 radical (unpaired) electrons. The summed E-state index contributed by atoms with van der Waals surface area (Å²) >= 11 is 0. The minimum atomic E-state index is -0.512. The van der Waals surface area contributed by atoms with E-state index in [-0.39, 0.29) is 6.61 Å². The first kappa shape index (κ1) is 15.4. The smallest absolute Gasteiger partial charge is 0.339 e. The molecule has 0 aliphatic heterocycles. The number of esters is 1. The van der Waals surface area contributed by atoms with Gasteiger partial charge >= 0.3 is 5.97 Å². The molecule has 6 nitrogen and oxygen atoms in total. The number of anilines is 1. The van der Waals surface area contributed by atoms with Crippen molar-refractivity contribution in [3.8, 4) is 0 Å². The number of rotatable bonds is 4. The van der Waals surface area contributed by atoms with Crippen molar-refractivity contribution in [2.75, 3.05) is 11.9 Å². The molecule has 1 amide bonds. The Morgan fingerprint density at radius 3 is 2.76 bits per heavy atom. The lowest BCUT2D eigenvalue weighted by Crippen LogP contribution is -2.21. The molecule has 0 spiro atoms. The second-order valence-electron chi connectivity index (χ2n) is 6.06. The second kappa shape index (κ2) is 6.05. The van der Waals surface area contributed by atoms with Crippen LogP contribution in [0.5, 0.6) is 0 Å². The van der Waals surface area contributed by atoms with Crippen molar-refractivity contribution in [2.45, 2.75) is 19.8 Å². The Kier molecular flexibility index (Phi) is 3.72. The Balaban J connectivity index is 1.49. The van der Waals surface area contributed by atoms with Crippen LogP contribution in [-0.2, 0) is 22.4 Å². The highest BCUT2D eigenvalue weighted by atomic mass is 16.5. The van der Waals surface area contributed by atoms with Crippen LogP contribution in [-0.4, -0.2) is 23.6 Å². The van der Waals surface area contributed by atoms with E-state index in [4.69, 9.17) is 9.26 Å². The third-order valence-corrected chi connectivity index (χ3v) is 4.33. The van der Waals surface area contributed by atoms with E-state index in [1.54, 1.807) is 19.1 Å². The van der Waals surface area contributed by atoms with Crippen LogP contribution in [0.15, 0.2) is 40.9 Å². The van der Waals surface area contributed by atoms with Gasteiger partial charge < -0.3 is 14.6 Å². The lowest BCUT2D eigenvalue weighted by Gasteiger charge is -2.09. The van der Waals surface area contributed by atoms with Gasteiger partial charge in [-0.15, -0.1) is 0 Å². The number of benzene rings is 2. The van der Waals surface area contributed by atoms with E-state index < -0.39 is 11.9 Å². The average molecular weight is 336 g/mol. The number of aromatic nitrogens is 1. The monoisotopic (exact) mass is 336 g/mol. The largest absolute Gasteiger partial charge is 0.452 e. The first-order valence-corrected chi connectivity index (χ1v) is 8.05. The third-order valence-electron chi connectivity index (χ3n) is 4.33. The van der Waals surface area contributed by atoms with Crippen LogP contribution >= 0.6 is 0 Å². The molecule has 0 saturated carbocycles. The molecule has 0 fully saturated rings. The van der Waals surface area contributed by atoms with Crippen LogP contribution in [0.25, 0.3) is 10.8 Å². The zero-order valence-electron chi connectivity index (χ0n) is 13.7. The van der Waals surface area contributed by atoms with Gasteiger partial charge in [0, 0.05) is 6.07 Å². The number of nitrogens with zero attached hydrogens (tertiary/aromatic N) is 1. The molecule has 6 heteroatoms. The van der Waals surface area contributed by atoms with Gasteiger partial charge in [0.1, 0.15) is 5.76 Å². The van der Waals surface area contributed by atoms with Crippen molar-refractivity contribution in [3.05, 3.63) is 58.8 Å². The number of hydrogen-bond donors (Lipinski definition) is 1. The summed E-state index contributed by atoms with van der Waals surface area (Å²) in [4.78, 5) is 24.3. The fourth-order valence-electron chi connectivity index (χ4n) is 3.24. The molecule has 0 atom stereocenters. The predicted molar refractivity (Wildman–Crippen MR) is 91.5 cm³/mol. The Morgan fingerprint density at radius 1 is 1.20 bits per heavy atom. The molecule has 1 heterocycles. The first-order chi connectivity index (χ1) is 12.1. The van der Waals surface area contributed by atoms with Crippen molar-refractivity contribution < 1.29 is 18.8 Å². The fourth-order valence-corrected chi connectivity index (χ4v) is 3.24. The number of nitrogens with one attached hydrogen (secondary N) is 1. The Labute approximate surface area is 143 Å². The molecule has 4 rings (SSSR count). The molecule has 1 N–H and O–H groups in total. The van der Waals surface area contributed by atoms with Crippen molar-refractivity contribution in [2.24, 2.45) is 0 Å². The van der Waals surface area contributed by atoms with Crippen LogP contribution in [0.3, 0.4) is 0 Å². The quantitative estimate of drug-likeness (QED) is 0.741. The van der Waals surface area contributed by atoms with Gasteiger partial charge in [-0.3, -0.25) is 4.79 Å². The summed E-state index contributed by atoms with van der Waals surface area (Å²) in [5.41, 5.74) is 2.98. The molecule has 2 aromatic carbocycles. The number of carbonyl (C=O) groups excluding carboxylic acids is 2. The van der Waals surface area contributed by atoms with E-state index in [0.29, 0.717) is 17.1 Å². The highest BCUT2D eigenvalue weighted by Gasteiger charge is 2.20. The summed E-state index contributed by atoms with van der Waals surface area (Å²) in [6.45, 7) is 1.34. The summed E-state index contributed by atoms with van der Waals surface area (Å²) in [6.07, 6.45) is 1.98. The maximum Gasteiger partial charge on any atom is 0.339 e. The number of ether oxygens (including phenoxy) is 1. The lowest BCUT2D eigenvalue weighted by atomic mass is 10.00. The topological polar surface area (TPSA) is 81.4 Å². The zero-order chi connectivity index (χ0) is 17.4. The number of amides is 1. The highest BCUT2D eigenvalue weighted by Crippen LogP contribution is 2.32. The third kappa shape index (κ3) is 2.87. The van der Waals surface area contributed by atoms with Gasteiger partial charge in [0.25, 0.3) is 5.91 Å². The second-order valence-corrected chi connectivity index (χ2v) is 6.06. The van der Waals surface area contributed by atoms with Gasteiger partial charge in [0.2, 0.25) is 0 Å².